The van der Waals surface area contributed by atoms with Crippen molar-refractivity contribution in [3.8, 4) is 5.69 Å². The number of anilines is 1. The van der Waals surface area contributed by atoms with Crippen molar-refractivity contribution in [3.63, 3.8) is 0 Å². The molecule has 0 saturated heterocycles. The van der Waals surface area contributed by atoms with E-state index in [1.807, 2.05) is 32.0 Å². The van der Waals surface area contributed by atoms with Gasteiger partial charge >= 0.3 is 0 Å². The molecule has 3 aromatic rings. The zero-order valence-electron chi connectivity index (χ0n) is 17.2. The van der Waals surface area contributed by atoms with Gasteiger partial charge in [0.25, 0.3) is 11.6 Å². The van der Waals surface area contributed by atoms with Crippen molar-refractivity contribution in [2.24, 2.45) is 5.92 Å². The van der Waals surface area contributed by atoms with Gasteiger partial charge in [0.15, 0.2) is 5.69 Å². The molecule has 1 heterocycles. The molecule has 0 aliphatic heterocycles. The van der Waals surface area contributed by atoms with E-state index in [1.54, 1.807) is 24.4 Å². The highest BCUT2D eigenvalue weighted by Crippen LogP contribution is 2.17. The zero-order valence-corrected chi connectivity index (χ0v) is 17.2. The fourth-order valence-electron chi connectivity index (χ4n) is 2.82. The van der Waals surface area contributed by atoms with Gasteiger partial charge in [-0.1, -0.05) is 32.0 Å². The Labute approximate surface area is 179 Å². The van der Waals surface area contributed by atoms with Crippen LogP contribution in [-0.4, -0.2) is 26.5 Å². The lowest BCUT2D eigenvalue weighted by Crippen LogP contribution is -2.23. The molecule has 0 spiro atoms. The summed E-state index contributed by atoms with van der Waals surface area (Å²) in [7, 11) is 0. The van der Waals surface area contributed by atoms with Crippen LogP contribution in [0, 0.1) is 16.0 Å². The molecule has 1 atom stereocenters. The third-order valence-corrected chi connectivity index (χ3v) is 4.83. The summed E-state index contributed by atoms with van der Waals surface area (Å²) in [5, 5.41) is 20.8. The van der Waals surface area contributed by atoms with Gasteiger partial charge in [0.05, 0.1) is 10.6 Å². The minimum absolute atomic E-state index is 0.0459. The molecule has 3 rings (SSSR count). The second-order valence-electron chi connectivity index (χ2n) is 7.10. The van der Waals surface area contributed by atoms with Gasteiger partial charge in [-0.3, -0.25) is 19.7 Å². The molecule has 9 heteroatoms. The number of nitro groups is 1. The van der Waals surface area contributed by atoms with Crippen LogP contribution in [0.15, 0.2) is 60.8 Å². The summed E-state index contributed by atoms with van der Waals surface area (Å²) < 4.78 is 1.41. The van der Waals surface area contributed by atoms with Gasteiger partial charge in [0.1, 0.15) is 0 Å². The Bertz CT molecular complexity index is 1110. The monoisotopic (exact) mass is 421 g/mol. The number of carbonyl (C=O) groups excluding carboxylic acids is 2. The summed E-state index contributed by atoms with van der Waals surface area (Å²) in [6.07, 6.45) is 2.32. The number of non-ortho nitro benzene ring substituents is 1. The number of nitrogens with zero attached hydrogens (tertiary/aromatic N) is 3. The molecular formula is C22H23N5O4. The topological polar surface area (TPSA) is 119 Å². The first-order valence-corrected chi connectivity index (χ1v) is 9.86. The number of benzene rings is 2. The standard InChI is InChI=1S/C22H23N5O4/c1-3-15(2)21(28)24-17-7-4-6-16(12-17)14-23-22(29)20-10-11-26(25-20)18-8-5-9-19(13-18)27(30)31/h4-13,15H,3,14H2,1-2H3,(H,23,29)(H,24,28). The number of nitro benzene ring substituents is 1. The number of nitrogens with one attached hydrogen (secondary N) is 2. The molecule has 31 heavy (non-hydrogen) atoms. The number of aromatic nitrogens is 2. The summed E-state index contributed by atoms with van der Waals surface area (Å²) in [5.74, 6) is -0.502. The summed E-state index contributed by atoms with van der Waals surface area (Å²) in [6.45, 7) is 4.08. The first kappa shape index (κ1) is 21.7. The van der Waals surface area contributed by atoms with Gasteiger partial charge in [-0.05, 0) is 36.2 Å². The maximum Gasteiger partial charge on any atom is 0.272 e. The minimum Gasteiger partial charge on any atom is -0.347 e. The number of hydrogen-bond donors (Lipinski definition) is 2. The molecule has 0 fully saturated rings. The Morgan fingerprint density at radius 2 is 1.94 bits per heavy atom. The summed E-state index contributed by atoms with van der Waals surface area (Å²) in [6, 6.07) is 14.8. The fourth-order valence-corrected chi connectivity index (χ4v) is 2.82. The van der Waals surface area contributed by atoms with E-state index in [4.69, 9.17) is 0 Å². The normalized spacial score (nSPS) is 11.5. The number of rotatable bonds is 8. The third-order valence-electron chi connectivity index (χ3n) is 4.83. The first-order chi connectivity index (χ1) is 14.9. The van der Waals surface area contributed by atoms with Gasteiger partial charge in [-0.25, -0.2) is 4.68 Å². The van der Waals surface area contributed by atoms with E-state index >= 15 is 0 Å². The third kappa shape index (κ3) is 5.53. The van der Waals surface area contributed by atoms with E-state index in [0.717, 1.165) is 12.0 Å². The highest BCUT2D eigenvalue weighted by Gasteiger charge is 2.13. The predicted molar refractivity (Wildman–Crippen MR) is 116 cm³/mol. The highest BCUT2D eigenvalue weighted by molar-refractivity contribution is 5.93. The maximum absolute atomic E-state index is 12.5. The quantitative estimate of drug-likeness (QED) is 0.425. The van der Waals surface area contributed by atoms with Gasteiger partial charge in [-0.2, -0.15) is 5.10 Å². The molecule has 0 aliphatic rings. The van der Waals surface area contributed by atoms with E-state index in [-0.39, 0.29) is 35.7 Å². The molecular weight excluding hydrogens is 398 g/mol. The molecule has 2 amide bonds. The summed E-state index contributed by atoms with van der Waals surface area (Å²) in [4.78, 5) is 35.0. The van der Waals surface area contributed by atoms with Crippen LogP contribution in [0.2, 0.25) is 0 Å². The van der Waals surface area contributed by atoms with E-state index in [0.29, 0.717) is 11.4 Å². The van der Waals surface area contributed by atoms with Crippen LogP contribution in [-0.2, 0) is 11.3 Å². The molecule has 160 valence electrons. The summed E-state index contributed by atoms with van der Waals surface area (Å²) >= 11 is 0. The van der Waals surface area contributed by atoms with Crippen molar-refractivity contribution >= 4 is 23.2 Å². The number of carbonyl (C=O) groups is 2. The minimum atomic E-state index is -0.486. The highest BCUT2D eigenvalue weighted by atomic mass is 16.6. The van der Waals surface area contributed by atoms with Crippen LogP contribution >= 0.6 is 0 Å². The number of hydrogen-bond acceptors (Lipinski definition) is 5. The Kier molecular flexibility index (Phi) is 6.76. The molecule has 0 saturated carbocycles. The van der Waals surface area contributed by atoms with Crippen LogP contribution in [0.1, 0.15) is 36.3 Å². The van der Waals surface area contributed by atoms with Crippen molar-refractivity contribution in [1.82, 2.24) is 15.1 Å². The van der Waals surface area contributed by atoms with Crippen molar-refractivity contribution in [1.29, 1.82) is 0 Å². The average molecular weight is 421 g/mol. The van der Waals surface area contributed by atoms with Crippen molar-refractivity contribution in [2.45, 2.75) is 26.8 Å². The Hall–Kier alpha value is -4.01. The molecule has 1 aromatic heterocycles. The predicted octanol–water partition coefficient (Wildman–Crippen LogP) is 3.70. The van der Waals surface area contributed by atoms with E-state index in [1.165, 1.54) is 22.9 Å². The molecule has 9 nitrogen and oxygen atoms in total. The molecule has 2 N–H and O–H groups in total. The lowest BCUT2D eigenvalue weighted by Gasteiger charge is -2.11. The molecule has 0 radical (unpaired) electrons. The van der Waals surface area contributed by atoms with Crippen LogP contribution in [0.5, 0.6) is 0 Å². The second-order valence-corrected chi connectivity index (χ2v) is 7.10. The Morgan fingerprint density at radius 1 is 1.16 bits per heavy atom. The molecule has 0 aliphatic carbocycles. The first-order valence-electron chi connectivity index (χ1n) is 9.86. The molecule has 2 aromatic carbocycles. The van der Waals surface area contributed by atoms with E-state index < -0.39 is 4.92 Å². The Balaban J connectivity index is 1.63. The van der Waals surface area contributed by atoms with Gasteiger partial charge in [0.2, 0.25) is 5.91 Å². The Morgan fingerprint density at radius 3 is 2.68 bits per heavy atom. The van der Waals surface area contributed by atoms with Gasteiger partial charge < -0.3 is 10.6 Å². The smallest absolute Gasteiger partial charge is 0.272 e. The average Bonchev–Trinajstić information content (AvgIpc) is 3.27. The van der Waals surface area contributed by atoms with Crippen LogP contribution in [0.4, 0.5) is 11.4 Å². The molecule has 0 bridgehead atoms. The van der Waals surface area contributed by atoms with Crippen molar-refractivity contribution < 1.29 is 14.5 Å². The van der Waals surface area contributed by atoms with Crippen LogP contribution < -0.4 is 10.6 Å². The van der Waals surface area contributed by atoms with Crippen molar-refractivity contribution in [2.75, 3.05) is 5.32 Å². The maximum atomic E-state index is 12.5. The fraction of sp³-hybridized carbons (Fsp3) is 0.227. The van der Waals surface area contributed by atoms with Crippen molar-refractivity contribution in [3.05, 3.63) is 82.2 Å². The van der Waals surface area contributed by atoms with Crippen LogP contribution in [0.25, 0.3) is 5.69 Å². The summed E-state index contributed by atoms with van der Waals surface area (Å²) in [5.41, 5.74) is 2.12. The lowest BCUT2D eigenvalue weighted by atomic mass is 10.1. The second kappa shape index (κ2) is 9.66. The van der Waals surface area contributed by atoms with Gasteiger partial charge in [0, 0.05) is 36.5 Å². The van der Waals surface area contributed by atoms with Crippen LogP contribution in [0.3, 0.4) is 0 Å². The lowest BCUT2D eigenvalue weighted by molar-refractivity contribution is -0.384. The molecule has 1 unspecified atom stereocenters. The van der Waals surface area contributed by atoms with E-state index in [2.05, 4.69) is 15.7 Å². The zero-order chi connectivity index (χ0) is 22.4. The number of amides is 2. The largest absolute Gasteiger partial charge is 0.347 e. The van der Waals surface area contributed by atoms with Gasteiger partial charge in [-0.15, -0.1) is 0 Å². The SMILES string of the molecule is CCC(C)C(=O)Nc1cccc(CNC(=O)c2ccn(-c3cccc([N+](=O)[O-])c3)n2)c1. The van der Waals surface area contributed by atoms with E-state index in [9.17, 15) is 19.7 Å².